The molecule has 0 aliphatic heterocycles. The lowest BCUT2D eigenvalue weighted by molar-refractivity contribution is 1.07. The largest absolute Gasteiger partial charge is 0.208 e. The summed E-state index contributed by atoms with van der Waals surface area (Å²) in [6, 6.07) is 138. The molecule has 0 unspecified atom stereocenters. The second-order valence-electron chi connectivity index (χ2n) is 28.2. The maximum absolute atomic E-state index is 5.10. The maximum atomic E-state index is 5.10. The van der Waals surface area contributed by atoms with Crippen molar-refractivity contribution in [1.29, 1.82) is 0 Å². The molecule has 6 nitrogen and oxygen atoms in total. The summed E-state index contributed by atoms with van der Waals surface area (Å²) in [6.45, 7) is 4.35. The molecular formula is C104H70N6. The number of fused-ring (bicyclic) bond motifs is 12. The smallest absolute Gasteiger partial charge is 0.164 e. The average molecular weight is 1400 g/mol. The van der Waals surface area contributed by atoms with Gasteiger partial charge >= 0.3 is 0 Å². The fraction of sp³-hybridized carbons (Fsp3) is 0.0192. The molecule has 20 aromatic rings. The van der Waals surface area contributed by atoms with E-state index in [0.29, 0.717) is 34.9 Å². The van der Waals surface area contributed by atoms with E-state index < -0.39 is 0 Å². The molecule has 20 rings (SSSR count). The fourth-order valence-electron chi connectivity index (χ4n) is 15.7. The van der Waals surface area contributed by atoms with Crippen LogP contribution in [0.2, 0.25) is 0 Å². The van der Waals surface area contributed by atoms with Crippen molar-refractivity contribution in [3.63, 3.8) is 0 Å². The summed E-state index contributed by atoms with van der Waals surface area (Å²) in [4.78, 5) is 30.0. The van der Waals surface area contributed by atoms with Crippen LogP contribution in [0.4, 0.5) is 0 Å². The number of hydrogen-bond acceptors (Lipinski definition) is 6. The van der Waals surface area contributed by atoms with Gasteiger partial charge in [-0.3, -0.25) is 0 Å². The zero-order valence-electron chi connectivity index (χ0n) is 60.6. The van der Waals surface area contributed by atoms with Crippen LogP contribution in [0.1, 0.15) is 11.1 Å². The Labute approximate surface area is 638 Å². The van der Waals surface area contributed by atoms with Crippen LogP contribution in [-0.4, -0.2) is 29.9 Å². The van der Waals surface area contributed by atoms with Crippen LogP contribution in [0.15, 0.2) is 388 Å². The van der Waals surface area contributed by atoms with Gasteiger partial charge in [0.25, 0.3) is 0 Å². The molecule has 0 radical (unpaired) electrons. The van der Waals surface area contributed by atoms with Crippen LogP contribution >= 0.6 is 0 Å². The first kappa shape index (κ1) is 66.2. The molecule has 110 heavy (non-hydrogen) atoms. The lowest BCUT2D eigenvalue weighted by atomic mass is 9.88. The van der Waals surface area contributed by atoms with Crippen molar-refractivity contribution >= 4 is 64.6 Å². The zero-order valence-corrected chi connectivity index (χ0v) is 60.6. The molecule has 6 heteroatoms. The molecule has 0 atom stereocenters. The summed E-state index contributed by atoms with van der Waals surface area (Å²) in [6.07, 6.45) is 0. The van der Waals surface area contributed by atoms with Gasteiger partial charge in [0.05, 0.1) is 0 Å². The Morgan fingerprint density at radius 2 is 0.364 bits per heavy atom. The lowest BCUT2D eigenvalue weighted by Gasteiger charge is -2.17. The highest BCUT2D eigenvalue weighted by Gasteiger charge is 2.21. The highest BCUT2D eigenvalue weighted by Crippen LogP contribution is 2.45. The summed E-state index contributed by atoms with van der Waals surface area (Å²) in [7, 11) is 0. The SMILES string of the molecule is Cc1ccc2c3ccc(-c4cccc(-c5cccc(-c6cccc(-c7nc(-c8ccccc8)nc(-c8ccccc8)n7)c6)c5)c4)cc3c3cc(C)ccc3c2c1.c1ccc(-c2ccc3c4ccccc4c4ccc(-c5ccccc5-c5ccccc5-c5nc(-c6ccccc6)nc(-c6ccccc6)n5)cc4c3c2)cc1. The maximum Gasteiger partial charge on any atom is 0.164 e. The number of aryl methyl sites for hydroxylation is 2. The Morgan fingerprint density at radius 1 is 0.127 bits per heavy atom. The molecule has 2 aromatic heterocycles. The predicted molar refractivity (Wildman–Crippen MR) is 459 cm³/mol. The highest BCUT2D eigenvalue weighted by atomic mass is 15.0. The minimum absolute atomic E-state index is 0.637. The Bertz CT molecular complexity index is 6790. The van der Waals surface area contributed by atoms with Gasteiger partial charge < -0.3 is 0 Å². The quantitative estimate of drug-likeness (QED) is 0.113. The zero-order chi connectivity index (χ0) is 73.4. The Balaban J connectivity index is 0.000000149. The van der Waals surface area contributed by atoms with Gasteiger partial charge in [-0.05, 0) is 182 Å². The van der Waals surface area contributed by atoms with Crippen LogP contribution < -0.4 is 0 Å². The normalized spacial score (nSPS) is 11.4. The molecule has 0 aliphatic rings. The van der Waals surface area contributed by atoms with Crippen molar-refractivity contribution in [3.8, 4) is 135 Å². The van der Waals surface area contributed by atoms with Crippen molar-refractivity contribution in [2.24, 2.45) is 0 Å². The molecule has 0 saturated heterocycles. The van der Waals surface area contributed by atoms with E-state index >= 15 is 0 Å². The lowest BCUT2D eigenvalue weighted by Crippen LogP contribution is -2.01. The van der Waals surface area contributed by atoms with Crippen molar-refractivity contribution in [2.75, 3.05) is 0 Å². The predicted octanol–water partition coefficient (Wildman–Crippen LogP) is 27.3. The second-order valence-corrected chi connectivity index (χ2v) is 28.2. The van der Waals surface area contributed by atoms with E-state index in [1.54, 1.807) is 0 Å². The van der Waals surface area contributed by atoms with E-state index in [4.69, 9.17) is 29.9 Å². The Hall–Kier alpha value is -14.5. The second kappa shape index (κ2) is 28.8. The molecule has 0 saturated carbocycles. The third-order valence-electron chi connectivity index (χ3n) is 21.1. The van der Waals surface area contributed by atoms with Crippen LogP contribution in [0.5, 0.6) is 0 Å². The van der Waals surface area contributed by atoms with Crippen LogP contribution in [0.25, 0.3) is 200 Å². The average Bonchev–Trinajstić information content (AvgIpc) is 0.729. The van der Waals surface area contributed by atoms with Gasteiger partial charge in [-0.25, -0.2) is 29.9 Å². The van der Waals surface area contributed by atoms with Crippen molar-refractivity contribution in [3.05, 3.63) is 399 Å². The van der Waals surface area contributed by atoms with Gasteiger partial charge in [-0.1, -0.05) is 363 Å². The fourth-order valence-corrected chi connectivity index (χ4v) is 15.7. The Kier molecular flexibility index (Phi) is 17.3. The van der Waals surface area contributed by atoms with Gasteiger partial charge in [0, 0.05) is 33.4 Å². The van der Waals surface area contributed by atoms with Crippen molar-refractivity contribution in [2.45, 2.75) is 13.8 Å². The molecule has 2 heterocycles. The van der Waals surface area contributed by atoms with E-state index in [2.05, 4.69) is 281 Å². The van der Waals surface area contributed by atoms with Crippen LogP contribution in [0, 0.1) is 13.8 Å². The van der Waals surface area contributed by atoms with E-state index in [0.717, 1.165) is 72.3 Å². The third-order valence-corrected chi connectivity index (χ3v) is 21.1. The summed E-state index contributed by atoms with van der Waals surface area (Å²) in [5, 5.41) is 15.3. The summed E-state index contributed by atoms with van der Waals surface area (Å²) in [5.41, 5.74) is 22.1. The third kappa shape index (κ3) is 12.9. The number of benzene rings is 18. The first-order chi connectivity index (χ1) is 54.3. The molecule has 516 valence electrons. The van der Waals surface area contributed by atoms with E-state index in [1.807, 2.05) is 121 Å². The molecule has 18 aromatic carbocycles. The van der Waals surface area contributed by atoms with E-state index in [-0.39, 0.29) is 0 Å². The number of hydrogen-bond donors (Lipinski definition) is 0. The highest BCUT2D eigenvalue weighted by molar-refractivity contribution is 6.27. The standard InChI is InChI=1S/C53H37N3.C51H33N3/c1-34-22-25-45-46-27-24-43(33-50(46)49-29-35(2)23-26-47(49)48(45)28-34)41-19-10-17-39(31-41)38-16-9-18-40(30-38)42-20-11-21-44(32-42)53-55-51(36-12-5-3-6-13-36)54-52(56-53)37-14-7-4-8-15-37;1-4-16-34(17-5-1)37-28-30-44-41-24-12-13-25-42(41)45-31-29-38(33-48(45)47(44)32-37)39-22-10-11-23-40(39)43-26-14-15-27-46(43)51-53-49(35-18-6-2-7-19-35)52-50(54-51)36-20-8-3-9-21-36/h3-33H,1-2H3;1-33H. The van der Waals surface area contributed by atoms with Gasteiger partial charge in [-0.15, -0.1) is 0 Å². The molecule has 0 aliphatic carbocycles. The van der Waals surface area contributed by atoms with Gasteiger partial charge in [-0.2, -0.15) is 0 Å². The summed E-state index contributed by atoms with van der Waals surface area (Å²) < 4.78 is 0. The minimum Gasteiger partial charge on any atom is -0.208 e. The molecule has 0 bridgehead atoms. The van der Waals surface area contributed by atoms with Crippen molar-refractivity contribution in [1.82, 2.24) is 29.9 Å². The monoisotopic (exact) mass is 1400 g/mol. The molecule has 0 fully saturated rings. The molecular weight excluding hydrogens is 1330 g/mol. The number of nitrogens with zero attached hydrogens (tertiary/aromatic N) is 6. The number of aromatic nitrogens is 6. The first-order valence-electron chi connectivity index (χ1n) is 37.4. The number of rotatable bonds is 12. The van der Waals surface area contributed by atoms with Gasteiger partial charge in [0.1, 0.15) is 0 Å². The van der Waals surface area contributed by atoms with E-state index in [1.165, 1.54) is 104 Å². The van der Waals surface area contributed by atoms with E-state index in [9.17, 15) is 0 Å². The summed E-state index contributed by atoms with van der Waals surface area (Å²) >= 11 is 0. The van der Waals surface area contributed by atoms with Gasteiger partial charge in [0.15, 0.2) is 34.9 Å². The molecule has 0 amide bonds. The van der Waals surface area contributed by atoms with Crippen LogP contribution in [0.3, 0.4) is 0 Å². The minimum atomic E-state index is 0.637. The topological polar surface area (TPSA) is 77.3 Å². The Morgan fingerprint density at radius 3 is 0.782 bits per heavy atom. The van der Waals surface area contributed by atoms with Crippen LogP contribution in [-0.2, 0) is 0 Å². The van der Waals surface area contributed by atoms with Crippen molar-refractivity contribution < 1.29 is 0 Å². The first-order valence-corrected chi connectivity index (χ1v) is 37.4. The molecule has 0 N–H and O–H groups in total. The molecule has 0 spiro atoms. The van der Waals surface area contributed by atoms with Gasteiger partial charge in [0.2, 0.25) is 0 Å². The summed E-state index contributed by atoms with van der Waals surface area (Å²) in [5.74, 6) is 3.87.